The Morgan fingerprint density at radius 2 is 1.76 bits per heavy atom. The molecular weight excluding hydrogens is 212 g/mol. The molecule has 0 amide bonds. The number of methoxy groups -OCH3 is 2. The van der Waals surface area contributed by atoms with E-state index in [2.05, 4.69) is 18.2 Å². The highest BCUT2D eigenvalue weighted by Gasteiger charge is 2.03. The maximum absolute atomic E-state index is 5.31. The minimum absolute atomic E-state index is 0.849. The van der Waals surface area contributed by atoms with E-state index in [1.165, 1.54) is 5.56 Å². The van der Waals surface area contributed by atoms with Crippen molar-refractivity contribution in [2.75, 3.05) is 14.2 Å². The quantitative estimate of drug-likeness (QED) is 0.799. The largest absolute Gasteiger partial charge is 0.497 e. The molecule has 0 N–H and O–H groups in total. The van der Waals surface area contributed by atoms with Crippen LogP contribution in [-0.2, 0) is 6.42 Å². The molecule has 0 atom stereocenters. The highest BCUT2D eigenvalue weighted by molar-refractivity contribution is 5.38. The van der Waals surface area contributed by atoms with Gasteiger partial charge in [0.05, 0.1) is 14.2 Å². The molecule has 0 bridgehead atoms. The minimum Gasteiger partial charge on any atom is -0.497 e. The van der Waals surface area contributed by atoms with Crippen molar-refractivity contribution in [3.05, 3.63) is 59.7 Å². The minimum atomic E-state index is 0.849. The molecule has 0 fully saturated rings. The van der Waals surface area contributed by atoms with Crippen molar-refractivity contribution in [1.82, 2.24) is 0 Å². The molecule has 2 aromatic rings. The Labute approximate surface area is 102 Å². The van der Waals surface area contributed by atoms with Crippen molar-refractivity contribution in [2.24, 2.45) is 0 Å². The monoisotopic (exact) mass is 227 g/mol. The first kappa shape index (κ1) is 11.5. The van der Waals surface area contributed by atoms with Crippen LogP contribution < -0.4 is 9.47 Å². The standard InChI is InChI=1S/C15H15O2/c1-16-14-9-7-12(8-10-14)11-13-5-3-4-6-15(13)17-2/h3,5-10H,11H2,1-2H3. The number of ether oxygens (including phenoxy) is 2. The number of benzene rings is 2. The fraction of sp³-hybridized carbons (Fsp3) is 0.200. The molecule has 2 nitrogen and oxygen atoms in total. The van der Waals surface area contributed by atoms with Crippen LogP contribution in [0, 0.1) is 6.07 Å². The van der Waals surface area contributed by atoms with Gasteiger partial charge in [0, 0.05) is 6.42 Å². The SMILES string of the molecule is COc1ccc(Cc2cc[c]cc2OC)cc1. The average molecular weight is 227 g/mol. The molecule has 0 unspecified atom stereocenters. The zero-order valence-corrected chi connectivity index (χ0v) is 10.1. The molecule has 2 rings (SSSR count). The first-order valence-electron chi connectivity index (χ1n) is 5.49. The molecule has 17 heavy (non-hydrogen) atoms. The van der Waals surface area contributed by atoms with Gasteiger partial charge in [0.2, 0.25) is 0 Å². The van der Waals surface area contributed by atoms with Crippen molar-refractivity contribution in [2.45, 2.75) is 6.42 Å². The van der Waals surface area contributed by atoms with Crippen LogP contribution in [0.3, 0.4) is 0 Å². The summed E-state index contributed by atoms with van der Waals surface area (Å²) >= 11 is 0. The zero-order chi connectivity index (χ0) is 12.1. The van der Waals surface area contributed by atoms with Crippen molar-refractivity contribution in [3.63, 3.8) is 0 Å². The van der Waals surface area contributed by atoms with Crippen LogP contribution in [0.4, 0.5) is 0 Å². The summed E-state index contributed by atoms with van der Waals surface area (Å²) < 4.78 is 10.4. The fourth-order valence-corrected chi connectivity index (χ4v) is 1.75. The summed E-state index contributed by atoms with van der Waals surface area (Å²) in [5.74, 6) is 1.76. The van der Waals surface area contributed by atoms with E-state index in [0.29, 0.717) is 0 Å². The number of hydrogen-bond donors (Lipinski definition) is 0. The summed E-state index contributed by atoms with van der Waals surface area (Å²) in [7, 11) is 3.35. The van der Waals surface area contributed by atoms with Crippen molar-refractivity contribution < 1.29 is 9.47 Å². The molecule has 0 aliphatic carbocycles. The Morgan fingerprint density at radius 1 is 1.00 bits per heavy atom. The third-order valence-corrected chi connectivity index (χ3v) is 2.69. The van der Waals surface area contributed by atoms with E-state index in [1.54, 1.807) is 14.2 Å². The molecule has 87 valence electrons. The van der Waals surface area contributed by atoms with Crippen molar-refractivity contribution in [3.8, 4) is 11.5 Å². The molecule has 0 saturated carbocycles. The van der Waals surface area contributed by atoms with E-state index < -0.39 is 0 Å². The van der Waals surface area contributed by atoms with Gasteiger partial charge in [0.1, 0.15) is 11.5 Å². The van der Waals surface area contributed by atoms with E-state index in [0.717, 1.165) is 23.5 Å². The fourth-order valence-electron chi connectivity index (χ4n) is 1.75. The van der Waals surface area contributed by atoms with Crippen molar-refractivity contribution >= 4 is 0 Å². The number of rotatable bonds is 4. The summed E-state index contributed by atoms with van der Waals surface area (Å²) in [5, 5.41) is 0. The topological polar surface area (TPSA) is 18.5 Å². The molecule has 0 aliphatic heterocycles. The van der Waals surface area contributed by atoms with Crippen LogP contribution in [0.15, 0.2) is 42.5 Å². The van der Waals surface area contributed by atoms with Gasteiger partial charge in [-0.25, -0.2) is 0 Å². The van der Waals surface area contributed by atoms with Crippen LogP contribution in [0.2, 0.25) is 0 Å². The molecule has 0 saturated heterocycles. The van der Waals surface area contributed by atoms with Gasteiger partial charge >= 0.3 is 0 Å². The highest BCUT2D eigenvalue weighted by Crippen LogP contribution is 2.21. The van der Waals surface area contributed by atoms with Gasteiger partial charge < -0.3 is 9.47 Å². The Bertz CT molecular complexity index is 475. The van der Waals surface area contributed by atoms with Gasteiger partial charge in [-0.1, -0.05) is 24.3 Å². The normalized spacial score (nSPS) is 10.0. The van der Waals surface area contributed by atoms with Gasteiger partial charge in [-0.3, -0.25) is 0 Å². The molecule has 1 radical (unpaired) electrons. The lowest BCUT2D eigenvalue weighted by Crippen LogP contribution is -1.93. The summed E-state index contributed by atoms with van der Waals surface area (Å²) in [6, 6.07) is 16.9. The summed E-state index contributed by atoms with van der Waals surface area (Å²) in [6.45, 7) is 0. The van der Waals surface area contributed by atoms with Gasteiger partial charge in [-0.15, -0.1) is 0 Å². The van der Waals surface area contributed by atoms with Crippen LogP contribution in [0.25, 0.3) is 0 Å². The average Bonchev–Trinajstić information content (AvgIpc) is 2.40. The van der Waals surface area contributed by atoms with Crippen molar-refractivity contribution in [1.29, 1.82) is 0 Å². The lowest BCUT2D eigenvalue weighted by atomic mass is 10.0. The smallest absolute Gasteiger partial charge is 0.123 e. The van der Waals surface area contributed by atoms with Crippen LogP contribution in [0.1, 0.15) is 11.1 Å². The third kappa shape index (κ3) is 2.78. The van der Waals surface area contributed by atoms with E-state index >= 15 is 0 Å². The predicted molar refractivity (Wildman–Crippen MR) is 67.6 cm³/mol. The molecule has 2 aromatic carbocycles. The Kier molecular flexibility index (Phi) is 3.66. The van der Waals surface area contributed by atoms with Crippen LogP contribution in [-0.4, -0.2) is 14.2 Å². The third-order valence-electron chi connectivity index (χ3n) is 2.69. The van der Waals surface area contributed by atoms with E-state index in [4.69, 9.17) is 9.47 Å². The maximum Gasteiger partial charge on any atom is 0.123 e. The zero-order valence-electron chi connectivity index (χ0n) is 10.1. The first-order chi connectivity index (χ1) is 8.33. The molecule has 2 heteroatoms. The van der Waals surface area contributed by atoms with E-state index in [1.807, 2.05) is 30.3 Å². The second-order valence-electron chi connectivity index (χ2n) is 3.76. The Morgan fingerprint density at radius 3 is 2.41 bits per heavy atom. The molecular formula is C15H15O2. The predicted octanol–water partition coefficient (Wildman–Crippen LogP) is 3.09. The second-order valence-corrected chi connectivity index (χ2v) is 3.76. The molecule has 0 aromatic heterocycles. The lowest BCUT2D eigenvalue weighted by molar-refractivity contribution is 0.410. The molecule has 0 aliphatic rings. The Hall–Kier alpha value is -1.96. The number of hydrogen-bond acceptors (Lipinski definition) is 2. The van der Waals surface area contributed by atoms with Gasteiger partial charge in [-0.2, -0.15) is 0 Å². The molecule has 0 heterocycles. The maximum atomic E-state index is 5.31. The summed E-state index contributed by atoms with van der Waals surface area (Å²) in [4.78, 5) is 0. The lowest BCUT2D eigenvalue weighted by Gasteiger charge is -2.08. The Balaban J connectivity index is 2.19. The summed E-state index contributed by atoms with van der Waals surface area (Å²) in [5.41, 5.74) is 2.40. The second kappa shape index (κ2) is 5.39. The highest BCUT2D eigenvalue weighted by atomic mass is 16.5. The van der Waals surface area contributed by atoms with Gasteiger partial charge in [0.25, 0.3) is 0 Å². The van der Waals surface area contributed by atoms with Gasteiger partial charge in [0.15, 0.2) is 0 Å². The molecule has 0 spiro atoms. The van der Waals surface area contributed by atoms with Crippen LogP contribution in [0.5, 0.6) is 11.5 Å². The van der Waals surface area contributed by atoms with Crippen LogP contribution >= 0.6 is 0 Å². The van der Waals surface area contributed by atoms with E-state index in [9.17, 15) is 0 Å². The van der Waals surface area contributed by atoms with E-state index in [-0.39, 0.29) is 0 Å². The van der Waals surface area contributed by atoms with Gasteiger partial charge in [-0.05, 0) is 35.4 Å². The summed E-state index contributed by atoms with van der Waals surface area (Å²) in [6.07, 6.45) is 0.849. The first-order valence-corrected chi connectivity index (χ1v) is 5.49.